The van der Waals surface area contributed by atoms with Crippen molar-refractivity contribution in [2.24, 2.45) is 0 Å². The highest BCUT2D eigenvalue weighted by Crippen LogP contribution is 2.17. The van der Waals surface area contributed by atoms with E-state index in [1.807, 2.05) is 20.8 Å². The molecule has 0 bridgehead atoms. The first kappa shape index (κ1) is 10.8. The lowest BCUT2D eigenvalue weighted by atomic mass is 10.1. The Hall–Kier alpha value is -1.29. The van der Waals surface area contributed by atoms with Gasteiger partial charge >= 0.3 is 5.82 Å². The molecule has 0 aliphatic rings. The molecule has 0 radical (unpaired) electrons. The van der Waals surface area contributed by atoms with Crippen molar-refractivity contribution >= 4 is 5.82 Å². The highest BCUT2D eigenvalue weighted by atomic mass is 16.5. The number of aryl methyl sites for hydroxylation is 1. The van der Waals surface area contributed by atoms with E-state index in [0.717, 1.165) is 5.06 Å². The summed E-state index contributed by atoms with van der Waals surface area (Å²) >= 11 is 0. The molecular formula is C10H16N2O2. The Balaban J connectivity index is 3.14. The third-order valence-corrected chi connectivity index (χ3v) is 1.96. The van der Waals surface area contributed by atoms with Crippen LogP contribution in [0.15, 0.2) is 18.2 Å². The van der Waals surface area contributed by atoms with Crippen LogP contribution in [0.5, 0.6) is 0 Å². The molecule has 4 nitrogen and oxygen atoms in total. The summed E-state index contributed by atoms with van der Waals surface area (Å²) in [5.41, 5.74) is 0.0748. The van der Waals surface area contributed by atoms with E-state index in [0.29, 0.717) is 10.4 Å². The number of anilines is 1. The zero-order valence-electron chi connectivity index (χ0n) is 8.98. The van der Waals surface area contributed by atoms with Gasteiger partial charge in [0.25, 0.3) is 0 Å². The second-order valence-electron chi connectivity index (χ2n) is 4.30. The molecule has 0 saturated carbocycles. The third kappa shape index (κ3) is 1.96. The molecule has 1 heterocycles. The van der Waals surface area contributed by atoms with E-state index in [-0.39, 0.29) is 5.82 Å². The zero-order valence-corrected chi connectivity index (χ0v) is 8.98. The SMILES string of the molecule is Cc1cccc(N(O)C(C)(C)C)[n+]1[O-]. The second-order valence-corrected chi connectivity index (χ2v) is 4.30. The third-order valence-electron chi connectivity index (χ3n) is 1.96. The van der Waals surface area contributed by atoms with Crippen LogP contribution in [0.1, 0.15) is 26.5 Å². The van der Waals surface area contributed by atoms with Gasteiger partial charge < -0.3 is 5.21 Å². The molecule has 4 heteroatoms. The molecule has 1 aromatic heterocycles. The van der Waals surface area contributed by atoms with E-state index < -0.39 is 5.54 Å². The number of nitrogens with zero attached hydrogens (tertiary/aromatic N) is 2. The number of hydroxylamine groups is 1. The van der Waals surface area contributed by atoms with E-state index in [1.54, 1.807) is 25.1 Å². The molecule has 0 aliphatic heterocycles. The maximum Gasteiger partial charge on any atom is 0.310 e. The monoisotopic (exact) mass is 196 g/mol. The quantitative estimate of drug-likeness (QED) is 0.422. The molecule has 1 aromatic rings. The summed E-state index contributed by atoms with van der Waals surface area (Å²) in [5.74, 6) is 0.248. The fourth-order valence-electron chi connectivity index (χ4n) is 1.09. The number of hydrogen-bond donors (Lipinski definition) is 1. The molecule has 0 aliphatic carbocycles. The van der Waals surface area contributed by atoms with Gasteiger partial charge in [0, 0.05) is 6.07 Å². The molecule has 0 saturated heterocycles. The molecule has 0 unspecified atom stereocenters. The van der Waals surface area contributed by atoms with Crippen LogP contribution in [0, 0.1) is 12.1 Å². The lowest BCUT2D eigenvalue weighted by molar-refractivity contribution is -0.601. The van der Waals surface area contributed by atoms with Gasteiger partial charge in [0.2, 0.25) is 0 Å². The first-order chi connectivity index (χ1) is 6.34. The van der Waals surface area contributed by atoms with Crippen LogP contribution >= 0.6 is 0 Å². The van der Waals surface area contributed by atoms with Crippen molar-refractivity contribution in [3.05, 3.63) is 29.1 Å². The van der Waals surface area contributed by atoms with Crippen molar-refractivity contribution in [2.75, 3.05) is 5.06 Å². The highest BCUT2D eigenvalue weighted by molar-refractivity contribution is 5.32. The van der Waals surface area contributed by atoms with Gasteiger partial charge in [-0.2, -0.15) is 0 Å². The molecule has 0 amide bonds. The Morgan fingerprint density at radius 2 is 1.93 bits per heavy atom. The minimum Gasteiger partial charge on any atom is -0.710 e. The van der Waals surface area contributed by atoms with Crippen LogP contribution in [0.25, 0.3) is 0 Å². The fraction of sp³-hybridized carbons (Fsp3) is 0.500. The average molecular weight is 196 g/mol. The molecule has 0 spiro atoms. The molecule has 0 fully saturated rings. The van der Waals surface area contributed by atoms with Crippen LogP contribution in [-0.4, -0.2) is 10.7 Å². The first-order valence-electron chi connectivity index (χ1n) is 4.52. The lowest BCUT2D eigenvalue weighted by Gasteiger charge is -2.25. The number of aromatic nitrogens is 1. The molecule has 1 rings (SSSR count). The molecular weight excluding hydrogens is 180 g/mol. The Morgan fingerprint density at radius 3 is 2.43 bits per heavy atom. The molecule has 0 aromatic carbocycles. The Kier molecular flexibility index (Phi) is 2.66. The van der Waals surface area contributed by atoms with Crippen molar-refractivity contribution in [1.29, 1.82) is 0 Å². The summed E-state index contributed by atoms with van der Waals surface area (Å²) in [6.07, 6.45) is 0. The summed E-state index contributed by atoms with van der Waals surface area (Å²) < 4.78 is 0.714. The van der Waals surface area contributed by atoms with Crippen molar-refractivity contribution in [2.45, 2.75) is 33.2 Å². The molecule has 14 heavy (non-hydrogen) atoms. The maximum atomic E-state index is 11.6. The van der Waals surface area contributed by atoms with Gasteiger partial charge in [-0.3, -0.25) is 0 Å². The molecule has 1 N–H and O–H groups in total. The minimum atomic E-state index is -0.486. The van der Waals surface area contributed by atoms with Crippen LogP contribution in [-0.2, 0) is 0 Å². The summed E-state index contributed by atoms with van der Waals surface area (Å²) in [4.78, 5) is 0. The summed E-state index contributed by atoms with van der Waals surface area (Å²) in [5, 5.41) is 22.3. The lowest BCUT2D eigenvalue weighted by Crippen LogP contribution is -2.47. The van der Waals surface area contributed by atoms with E-state index in [9.17, 15) is 10.4 Å². The van der Waals surface area contributed by atoms with E-state index in [4.69, 9.17) is 0 Å². The van der Waals surface area contributed by atoms with E-state index in [1.165, 1.54) is 0 Å². The molecule has 78 valence electrons. The highest BCUT2D eigenvalue weighted by Gasteiger charge is 2.29. The first-order valence-corrected chi connectivity index (χ1v) is 4.52. The predicted molar refractivity (Wildman–Crippen MR) is 54.2 cm³/mol. The summed E-state index contributed by atoms with van der Waals surface area (Å²) in [6.45, 7) is 7.19. The standard InChI is InChI=1S/C10H16N2O2/c1-8-6-5-7-9(11(8)13)12(14)10(2,3)4/h5-7,14H,1-4H3. The van der Waals surface area contributed by atoms with Crippen LogP contribution in [0.4, 0.5) is 5.82 Å². The Labute approximate surface area is 83.9 Å². The van der Waals surface area contributed by atoms with Crippen molar-refractivity contribution < 1.29 is 9.94 Å². The van der Waals surface area contributed by atoms with Crippen LogP contribution < -0.4 is 9.79 Å². The van der Waals surface area contributed by atoms with Crippen LogP contribution in [0.3, 0.4) is 0 Å². The topological polar surface area (TPSA) is 50.4 Å². The van der Waals surface area contributed by atoms with Gasteiger partial charge in [0.05, 0.1) is 0 Å². The van der Waals surface area contributed by atoms with E-state index in [2.05, 4.69) is 0 Å². The zero-order chi connectivity index (χ0) is 10.9. The number of rotatable bonds is 1. The maximum absolute atomic E-state index is 11.6. The summed E-state index contributed by atoms with van der Waals surface area (Å²) in [7, 11) is 0. The second kappa shape index (κ2) is 3.46. The van der Waals surface area contributed by atoms with Gasteiger partial charge in [-0.25, -0.2) is 9.94 Å². The number of hydrogen-bond acceptors (Lipinski definition) is 3. The predicted octanol–water partition coefficient (Wildman–Crippen LogP) is 1.62. The smallest absolute Gasteiger partial charge is 0.310 e. The van der Waals surface area contributed by atoms with Gasteiger partial charge in [-0.15, -0.1) is 5.06 Å². The Bertz CT molecular complexity index is 331. The van der Waals surface area contributed by atoms with E-state index >= 15 is 0 Å². The van der Waals surface area contributed by atoms with Gasteiger partial charge in [0.15, 0.2) is 0 Å². The van der Waals surface area contributed by atoms with Crippen molar-refractivity contribution in [1.82, 2.24) is 0 Å². The Morgan fingerprint density at radius 1 is 1.36 bits per heavy atom. The van der Waals surface area contributed by atoms with Gasteiger partial charge in [-0.1, -0.05) is 6.07 Å². The van der Waals surface area contributed by atoms with Crippen molar-refractivity contribution in [3.8, 4) is 0 Å². The fourth-order valence-corrected chi connectivity index (χ4v) is 1.09. The minimum absolute atomic E-state index is 0.248. The normalized spacial score (nSPS) is 11.5. The van der Waals surface area contributed by atoms with Gasteiger partial charge in [0.1, 0.15) is 11.2 Å². The van der Waals surface area contributed by atoms with Crippen molar-refractivity contribution in [3.63, 3.8) is 0 Å². The summed E-state index contributed by atoms with van der Waals surface area (Å²) in [6, 6.07) is 5.03. The van der Waals surface area contributed by atoms with Gasteiger partial charge in [-0.05, 0) is 33.8 Å². The number of pyridine rings is 1. The largest absolute Gasteiger partial charge is 0.710 e. The average Bonchev–Trinajstić information content (AvgIpc) is 2.07. The molecule has 0 atom stereocenters. The van der Waals surface area contributed by atoms with Crippen LogP contribution in [0.2, 0.25) is 0 Å².